The van der Waals surface area contributed by atoms with Gasteiger partial charge in [0.2, 0.25) is 5.91 Å². The number of benzene rings is 1. The van der Waals surface area contributed by atoms with E-state index in [1.165, 1.54) is 0 Å². The van der Waals surface area contributed by atoms with Crippen molar-refractivity contribution in [1.82, 2.24) is 0 Å². The van der Waals surface area contributed by atoms with Crippen LogP contribution in [0.1, 0.15) is 19.3 Å². The number of nitrogens with two attached hydrogens (primary N) is 1. The minimum absolute atomic E-state index is 0.0626. The molecule has 3 N–H and O–H groups in total. The molecule has 0 saturated carbocycles. The molecule has 0 aliphatic heterocycles. The molecule has 0 heterocycles. The molecule has 0 radical (unpaired) electrons. The molecule has 1 aromatic rings. The Hall–Kier alpha value is -0.620. The number of carbonyl (C=O) groups excluding carboxylic acids is 1. The first-order valence-corrected chi connectivity index (χ1v) is 6.06. The van der Waals surface area contributed by atoms with Gasteiger partial charge in [0.1, 0.15) is 0 Å². The third-order valence-corrected chi connectivity index (χ3v) is 2.95. The molecular weight excluding hydrogens is 303 g/mol. The van der Waals surface area contributed by atoms with Gasteiger partial charge in [0.05, 0.1) is 5.69 Å². The van der Waals surface area contributed by atoms with E-state index in [1.54, 1.807) is 0 Å². The van der Waals surface area contributed by atoms with Gasteiger partial charge in [0.25, 0.3) is 0 Å². The van der Waals surface area contributed by atoms with E-state index in [4.69, 9.17) is 5.73 Å². The molecule has 0 aliphatic rings. The van der Waals surface area contributed by atoms with E-state index in [9.17, 15) is 4.79 Å². The molecule has 15 heavy (non-hydrogen) atoms. The highest BCUT2D eigenvalue weighted by Crippen LogP contribution is 2.17. The summed E-state index contributed by atoms with van der Waals surface area (Å²) >= 11 is 2.20. The van der Waals surface area contributed by atoms with Gasteiger partial charge in [-0.1, -0.05) is 12.1 Å². The fourth-order valence-corrected chi connectivity index (χ4v) is 1.73. The van der Waals surface area contributed by atoms with Crippen molar-refractivity contribution in [2.45, 2.75) is 19.3 Å². The lowest BCUT2D eigenvalue weighted by atomic mass is 10.2. The second-order valence-electron chi connectivity index (χ2n) is 3.27. The summed E-state index contributed by atoms with van der Waals surface area (Å²) in [7, 11) is 0. The van der Waals surface area contributed by atoms with Crippen LogP contribution in [0.15, 0.2) is 24.3 Å². The van der Waals surface area contributed by atoms with Gasteiger partial charge in [0.15, 0.2) is 0 Å². The van der Waals surface area contributed by atoms with Crippen molar-refractivity contribution in [3.8, 4) is 0 Å². The van der Waals surface area contributed by atoms with Crippen LogP contribution in [0.4, 0.5) is 5.69 Å². The van der Waals surface area contributed by atoms with Gasteiger partial charge in [-0.2, -0.15) is 0 Å². The highest BCUT2D eigenvalue weighted by atomic mass is 127. The predicted octanol–water partition coefficient (Wildman–Crippen LogP) is 2.36. The molecule has 1 amide bonds. The van der Waals surface area contributed by atoms with Crippen LogP contribution < -0.4 is 11.1 Å². The molecule has 0 saturated heterocycles. The fraction of sp³-hybridized carbons (Fsp3) is 0.364. The topological polar surface area (TPSA) is 55.1 Å². The van der Waals surface area contributed by atoms with Crippen molar-refractivity contribution in [1.29, 1.82) is 0 Å². The van der Waals surface area contributed by atoms with Gasteiger partial charge in [-0.25, -0.2) is 0 Å². The number of para-hydroxylation sites is 1. The van der Waals surface area contributed by atoms with Crippen LogP contribution in [-0.4, -0.2) is 12.5 Å². The minimum atomic E-state index is 0.0626. The maximum atomic E-state index is 11.5. The minimum Gasteiger partial charge on any atom is -0.330 e. The highest BCUT2D eigenvalue weighted by molar-refractivity contribution is 14.1. The largest absolute Gasteiger partial charge is 0.330 e. The van der Waals surface area contributed by atoms with Crippen LogP contribution in [-0.2, 0) is 4.79 Å². The normalized spacial score (nSPS) is 10.0. The Balaban J connectivity index is 2.41. The Morgan fingerprint density at radius 2 is 2.07 bits per heavy atom. The number of nitrogens with one attached hydrogen (secondary N) is 1. The molecular formula is C11H15IN2O. The Morgan fingerprint density at radius 3 is 2.73 bits per heavy atom. The molecule has 82 valence electrons. The summed E-state index contributed by atoms with van der Waals surface area (Å²) < 4.78 is 1.06. The van der Waals surface area contributed by atoms with E-state index >= 15 is 0 Å². The quantitative estimate of drug-likeness (QED) is 0.647. The molecule has 0 aliphatic carbocycles. The Morgan fingerprint density at radius 1 is 1.33 bits per heavy atom. The number of halogens is 1. The van der Waals surface area contributed by atoms with Gasteiger partial charge in [-0.15, -0.1) is 0 Å². The molecule has 1 rings (SSSR count). The third-order valence-electron chi connectivity index (χ3n) is 2.01. The second-order valence-corrected chi connectivity index (χ2v) is 4.44. The molecule has 1 aromatic carbocycles. The third kappa shape index (κ3) is 4.61. The smallest absolute Gasteiger partial charge is 0.224 e. The van der Waals surface area contributed by atoms with Crippen molar-refractivity contribution in [3.63, 3.8) is 0 Å². The maximum Gasteiger partial charge on any atom is 0.224 e. The van der Waals surface area contributed by atoms with Crippen molar-refractivity contribution < 1.29 is 4.79 Å². The average Bonchev–Trinajstić information content (AvgIpc) is 2.22. The number of hydrogen-bond acceptors (Lipinski definition) is 2. The highest BCUT2D eigenvalue weighted by Gasteiger charge is 2.03. The van der Waals surface area contributed by atoms with Crippen molar-refractivity contribution in [2.24, 2.45) is 5.73 Å². The van der Waals surface area contributed by atoms with Crippen LogP contribution in [0.3, 0.4) is 0 Å². The van der Waals surface area contributed by atoms with Gasteiger partial charge in [0, 0.05) is 9.99 Å². The molecule has 0 aromatic heterocycles. The van der Waals surface area contributed by atoms with E-state index < -0.39 is 0 Å². The summed E-state index contributed by atoms with van der Waals surface area (Å²) in [6, 6.07) is 7.74. The monoisotopic (exact) mass is 318 g/mol. The molecule has 0 fully saturated rings. The lowest BCUT2D eigenvalue weighted by molar-refractivity contribution is -0.116. The van der Waals surface area contributed by atoms with Gasteiger partial charge in [-0.05, 0) is 54.1 Å². The molecule has 0 spiro atoms. The van der Waals surface area contributed by atoms with E-state index in [2.05, 4.69) is 27.9 Å². The summed E-state index contributed by atoms with van der Waals surface area (Å²) in [6.07, 6.45) is 2.30. The molecule has 0 atom stereocenters. The fourth-order valence-electron chi connectivity index (χ4n) is 1.21. The Kier molecular flexibility index (Phi) is 5.63. The Bertz CT molecular complexity index is 328. The van der Waals surface area contributed by atoms with E-state index in [1.807, 2.05) is 24.3 Å². The van der Waals surface area contributed by atoms with E-state index in [-0.39, 0.29) is 5.91 Å². The zero-order valence-electron chi connectivity index (χ0n) is 8.50. The van der Waals surface area contributed by atoms with Gasteiger partial charge >= 0.3 is 0 Å². The number of anilines is 1. The second kappa shape index (κ2) is 6.79. The van der Waals surface area contributed by atoms with Crippen LogP contribution >= 0.6 is 22.6 Å². The average molecular weight is 318 g/mol. The van der Waals surface area contributed by atoms with Gasteiger partial charge in [-0.3, -0.25) is 4.79 Å². The maximum absolute atomic E-state index is 11.5. The Labute approximate surface area is 104 Å². The number of rotatable bonds is 5. The molecule has 3 nitrogen and oxygen atoms in total. The first-order chi connectivity index (χ1) is 7.24. The van der Waals surface area contributed by atoms with Crippen molar-refractivity contribution >= 4 is 34.2 Å². The van der Waals surface area contributed by atoms with Crippen molar-refractivity contribution in [2.75, 3.05) is 11.9 Å². The van der Waals surface area contributed by atoms with Crippen LogP contribution in [0, 0.1) is 3.57 Å². The van der Waals surface area contributed by atoms with Gasteiger partial charge < -0.3 is 11.1 Å². The zero-order chi connectivity index (χ0) is 11.1. The van der Waals surface area contributed by atoms with Crippen LogP contribution in [0.5, 0.6) is 0 Å². The summed E-state index contributed by atoms with van der Waals surface area (Å²) in [5, 5.41) is 2.88. The summed E-state index contributed by atoms with van der Waals surface area (Å²) in [5.41, 5.74) is 6.24. The lowest BCUT2D eigenvalue weighted by Crippen LogP contribution is -2.12. The van der Waals surface area contributed by atoms with E-state index in [0.29, 0.717) is 13.0 Å². The summed E-state index contributed by atoms with van der Waals surface area (Å²) in [5.74, 6) is 0.0626. The lowest BCUT2D eigenvalue weighted by Gasteiger charge is -2.06. The standard InChI is InChI=1S/C11H15IN2O/c12-9-5-1-2-6-10(9)14-11(15)7-3-4-8-13/h1-2,5-6H,3-4,7-8,13H2,(H,14,15). The van der Waals surface area contributed by atoms with Crippen molar-refractivity contribution in [3.05, 3.63) is 27.8 Å². The summed E-state index contributed by atoms with van der Waals surface area (Å²) in [6.45, 7) is 0.649. The molecule has 0 bridgehead atoms. The molecule has 0 unspecified atom stereocenters. The first kappa shape index (κ1) is 12.4. The number of amides is 1. The SMILES string of the molecule is NCCCCC(=O)Nc1ccccc1I. The van der Waals surface area contributed by atoms with Crippen LogP contribution in [0.2, 0.25) is 0 Å². The van der Waals surface area contributed by atoms with E-state index in [0.717, 1.165) is 22.1 Å². The first-order valence-electron chi connectivity index (χ1n) is 4.98. The zero-order valence-corrected chi connectivity index (χ0v) is 10.7. The number of carbonyl (C=O) groups is 1. The molecule has 4 heteroatoms. The summed E-state index contributed by atoms with van der Waals surface area (Å²) in [4.78, 5) is 11.5. The predicted molar refractivity (Wildman–Crippen MR) is 70.7 cm³/mol. The van der Waals surface area contributed by atoms with Crippen LogP contribution in [0.25, 0.3) is 0 Å². The number of hydrogen-bond donors (Lipinski definition) is 2. The number of unbranched alkanes of at least 4 members (excludes halogenated alkanes) is 1.